The van der Waals surface area contributed by atoms with Crippen molar-refractivity contribution >= 4 is 17.9 Å². The normalized spacial score (nSPS) is 15.8. The number of esters is 3. The Hall–Kier alpha value is -1.71. The van der Waals surface area contributed by atoms with Crippen molar-refractivity contribution in [2.75, 3.05) is 34.5 Å². The van der Waals surface area contributed by atoms with Crippen LogP contribution in [0, 0.1) is 0 Å². The Bertz CT molecular complexity index is 410. The van der Waals surface area contributed by atoms with Crippen LogP contribution in [0.4, 0.5) is 0 Å². The fraction of sp³-hybridized carbons (Fsp3) is 0.800. The number of methoxy groups -OCH3 is 3. The molecule has 0 N–H and O–H groups in total. The van der Waals surface area contributed by atoms with E-state index in [4.69, 9.17) is 28.4 Å². The van der Waals surface area contributed by atoms with Gasteiger partial charge in [0.25, 0.3) is 0 Å². The quantitative estimate of drug-likeness (QED) is 0.378. The molecule has 0 aliphatic heterocycles. The molecule has 0 radical (unpaired) electrons. The molecule has 0 saturated carbocycles. The van der Waals surface area contributed by atoms with E-state index in [-0.39, 0.29) is 13.2 Å². The van der Waals surface area contributed by atoms with Gasteiger partial charge in [0, 0.05) is 42.1 Å². The maximum absolute atomic E-state index is 11.5. The summed E-state index contributed by atoms with van der Waals surface area (Å²) in [5.41, 5.74) is 0. The first kappa shape index (κ1) is 22.3. The fourth-order valence-corrected chi connectivity index (χ4v) is 2.11. The maximum Gasteiger partial charge on any atom is 0.303 e. The lowest BCUT2D eigenvalue weighted by Crippen LogP contribution is -2.52. The van der Waals surface area contributed by atoms with E-state index in [9.17, 15) is 14.4 Å². The summed E-state index contributed by atoms with van der Waals surface area (Å²) in [7, 11) is 4.18. The van der Waals surface area contributed by atoms with Crippen molar-refractivity contribution in [1.82, 2.24) is 0 Å². The number of hydrogen-bond donors (Lipinski definition) is 0. The van der Waals surface area contributed by atoms with Gasteiger partial charge in [0.2, 0.25) is 0 Å². The lowest BCUT2D eigenvalue weighted by Gasteiger charge is -2.34. The molecule has 0 bridgehead atoms. The van der Waals surface area contributed by atoms with Gasteiger partial charge in [-0.15, -0.1) is 0 Å². The summed E-state index contributed by atoms with van der Waals surface area (Å²) in [6.07, 6.45) is -3.55. The highest BCUT2D eigenvalue weighted by molar-refractivity contribution is 5.67. The summed E-state index contributed by atoms with van der Waals surface area (Å²) in [6, 6.07) is 0. The number of rotatable bonds is 11. The van der Waals surface area contributed by atoms with Crippen LogP contribution in [0.5, 0.6) is 0 Å². The molecule has 9 heteroatoms. The molecular weight excluding hydrogens is 324 g/mol. The lowest BCUT2D eigenvalue weighted by atomic mass is 10.0. The van der Waals surface area contributed by atoms with Crippen LogP contribution >= 0.6 is 0 Å². The molecule has 0 spiro atoms. The molecule has 24 heavy (non-hydrogen) atoms. The van der Waals surface area contributed by atoms with Crippen molar-refractivity contribution in [2.24, 2.45) is 0 Å². The van der Waals surface area contributed by atoms with E-state index >= 15 is 0 Å². The molecule has 0 amide bonds. The highest BCUT2D eigenvalue weighted by Gasteiger charge is 2.40. The van der Waals surface area contributed by atoms with Crippen LogP contribution in [0.25, 0.3) is 0 Å². The largest absolute Gasteiger partial charge is 0.463 e. The average Bonchev–Trinajstić information content (AvgIpc) is 2.48. The maximum atomic E-state index is 11.5. The smallest absolute Gasteiger partial charge is 0.303 e. The van der Waals surface area contributed by atoms with Crippen LogP contribution < -0.4 is 0 Å². The van der Waals surface area contributed by atoms with E-state index < -0.39 is 42.3 Å². The Morgan fingerprint density at radius 1 is 0.708 bits per heavy atom. The second-order valence-electron chi connectivity index (χ2n) is 4.95. The van der Waals surface area contributed by atoms with Crippen molar-refractivity contribution in [3.8, 4) is 0 Å². The third-order valence-corrected chi connectivity index (χ3v) is 3.03. The lowest BCUT2D eigenvalue weighted by molar-refractivity contribution is -0.196. The van der Waals surface area contributed by atoms with Gasteiger partial charge in [-0.05, 0) is 0 Å². The van der Waals surface area contributed by atoms with Gasteiger partial charge in [0.1, 0.15) is 18.8 Å². The van der Waals surface area contributed by atoms with E-state index in [1.165, 1.54) is 42.1 Å². The topological polar surface area (TPSA) is 107 Å². The number of carbonyl (C=O) groups excluding carboxylic acids is 3. The number of hydrogen-bond acceptors (Lipinski definition) is 9. The minimum atomic E-state index is -1.02. The Kier molecular flexibility index (Phi) is 10.9. The van der Waals surface area contributed by atoms with Gasteiger partial charge < -0.3 is 28.4 Å². The van der Waals surface area contributed by atoms with Gasteiger partial charge in [0.05, 0.1) is 6.61 Å². The first-order valence-electron chi connectivity index (χ1n) is 7.29. The van der Waals surface area contributed by atoms with Crippen molar-refractivity contribution < 1.29 is 42.8 Å². The molecule has 0 aromatic carbocycles. The van der Waals surface area contributed by atoms with E-state index in [0.717, 1.165) is 0 Å². The van der Waals surface area contributed by atoms with Crippen LogP contribution in [-0.4, -0.2) is 76.9 Å². The minimum absolute atomic E-state index is 0.0264. The summed E-state index contributed by atoms with van der Waals surface area (Å²) in [6.45, 7) is 3.54. The second-order valence-corrected chi connectivity index (χ2v) is 4.95. The highest BCUT2D eigenvalue weighted by Crippen LogP contribution is 2.18. The van der Waals surface area contributed by atoms with Crippen LogP contribution in [0.15, 0.2) is 0 Å². The zero-order valence-electron chi connectivity index (χ0n) is 14.9. The van der Waals surface area contributed by atoms with Crippen LogP contribution in [0.1, 0.15) is 20.8 Å². The van der Waals surface area contributed by atoms with Gasteiger partial charge in [-0.2, -0.15) is 0 Å². The molecule has 0 rings (SSSR count). The molecule has 0 heterocycles. The Morgan fingerprint density at radius 2 is 1.29 bits per heavy atom. The van der Waals surface area contributed by atoms with E-state index in [0.29, 0.717) is 0 Å². The number of ether oxygens (including phenoxy) is 6. The molecule has 0 fully saturated rings. The van der Waals surface area contributed by atoms with Gasteiger partial charge in [-0.25, -0.2) is 0 Å². The molecule has 0 saturated heterocycles. The van der Waals surface area contributed by atoms with Gasteiger partial charge >= 0.3 is 17.9 Å². The monoisotopic (exact) mass is 350 g/mol. The minimum Gasteiger partial charge on any atom is -0.463 e. The Morgan fingerprint density at radius 3 is 1.67 bits per heavy atom. The summed E-state index contributed by atoms with van der Waals surface area (Å²) in [4.78, 5) is 33.8. The Balaban J connectivity index is 5.46. The zero-order chi connectivity index (χ0) is 18.7. The fourth-order valence-electron chi connectivity index (χ4n) is 2.11. The second kappa shape index (κ2) is 11.8. The third kappa shape index (κ3) is 8.23. The van der Waals surface area contributed by atoms with Crippen molar-refractivity contribution in [3.05, 3.63) is 0 Å². The molecule has 0 aromatic heterocycles. The summed E-state index contributed by atoms with van der Waals surface area (Å²) < 4.78 is 31.0. The SMILES string of the molecule is COC[C@H](OC(C)=O)[C@H](OC(C)=O)[C@H](OC)[C@H](COC(C)=O)OC. The predicted octanol–water partition coefficient (Wildman–Crippen LogP) is 0.0893. The summed E-state index contributed by atoms with van der Waals surface area (Å²) in [5, 5.41) is 0. The molecule has 140 valence electrons. The molecule has 0 unspecified atom stereocenters. The zero-order valence-corrected chi connectivity index (χ0v) is 14.9. The summed E-state index contributed by atoms with van der Waals surface area (Å²) >= 11 is 0. The summed E-state index contributed by atoms with van der Waals surface area (Å²) in [5.74, 6) is -1.67. The first-order valence-corrected chi connectivity index (χ1v) is 7.29. The highest BCUT2D eigenvalue weighted by atomic mass is 16.6. The van der Waals surface area contributed by atoms with Crippen LogP contribution in [0.3, 0.4) is 0 Å². The van der Waals surface area contributed by atoms with Gasteiger partial charge in [-0.3, -0.25) is 14.4 Å². The Labute approximate surface area is 141 Å². The van der Waals surface area contributed by atoms with Gasteiger partial charge in [-0.1, -0.05) is 0 Å². The first-order chi connectivity index (χ1) is 11.3. The predicted molar refractivity (Wildman–Crippen MR) is 81.2 cm³/mol. The average molecular weight is 350 g/mol. The molecule has 0 aromatic rings. The van der Waals surface area contributed by atoms with Crippen molar-refractivity contribution in [2.45, 2.75) is 45.2 Å². The van der Waals surface area contributed by atoms with Crippen LogP contribution in [0.2, 0.25) is 0 Å². The number of carbonyl (C=O) groups is 3. The van der Waals surface area contributed by atoms with E-state index in [1.807, 2.05) is 0 Å². The van der Waals surface area contributed by atoms with Crippen LogP contribution in [-0.2, 0) is 42.8 Å². The standard InChI is InChI=1S/C15H26O9/c1-9(16)22-8-12(20-5)14(21-6)15(24-11(3)18)13(7-19-4)23-10(2)17/h12-15H,7-8H2,1-6H3/t12-,13-,14+,15-/m0/s1. The van der Waals surface area contributed by atoms with E-state index in [2.05, 4.69) is 0 Å². The van der Waals surface area contributed by atoms with Gasteiger partial charge in [0.15, 0.2) is 12.2 Å². The molecule has 0 aliphatic rings. The van der Waals surface area contributed by atoms with E-state index in [1.54, 1.807) is 0 Å². The molecular formula is C15H26O9. The third-order valence-electron chi connectivity index (χ3n) is 3.03. The van der Waals surface area contributed by atoms with Crippen molar-refractivity contribution in [3.63, 3.8) is 0 Å². The van der Waals surface area contributed by atoms with Crippen molar-refractivity contribution in [1.29, 1.82) is 0 Å². The molecule has 0 aliphatic carbocycles. The molecule has 9 nitrogen and oxygen atoms in total. The molecule has 4 atom stereocenters.